The molecule has 0 saturated heterocycles. The topological polar surface area (TPSA) is 98.4 Å². The molecule has 1 heterocycles. The maximum atomic E-state index is 11.9. The zero-order chi connectivity index (χ0) is 15.4. The van der Waals surface area contributed by atoms with Gasteiger partial charge >= 0.3 is 5.97 Å². The number of hydrogen-bond donors (Lipinski definition) is 1. The first-order valence-electron chi connectivity index (χ1n) is 6.71. The van der Waals surface area contributed by atoms with Gasteiger partial charge < -0.3 is 15.4 Å². The number of amides is 1. The lowest BCUT2D eigenvalue weighted by molar-refractivity contribution is -0.127. The van der Waals surface area contributed by atoms with E-state index in [0.717, 1.165) is 12.8 Å². The number of carbonyl (C=O) groups excluding carboxylic acids is 2. The maximum Gasteiger partial charge on any atom is 0.343 e. The molecule has 2 rings (SSSR count). The summed E-state index contributed by atoms with van der Waals surface area (Å²) in [4.78, 5) is 33.3. The standard InChI is InChI=1S/C13H18N4O3S/c1-3-20-12(19)9-6-15-13(16-11(9)14)21-7-10(18)17(2)8-4-5-8/h6,8H,3-5,7H2,1-2H3,(H2,14,15,16). The number of anilines is 1. The van der Waals surface area contributed by atoms with E-state index in [1.165, 1.54) is 18.0 Å². The van der Waals surface area contributed by atoms with Crippen LogP contribution in [0.5, 0.6) is 0 Å². The Kier molecular flexibility index (Phi) is 5.00. The van der Waals surface area contributed by atoms with Crippen molar-refractivity contribution in [1.29, 1.82) is 0 Å². The Morgan fingerprint density at radius 2 is 2.24 bits per heavy atom. The van der Waals surface area contributed by atoms with Gasteiger partial charge in [0.15, 0.2) is 5.16 Å². The Labute approximate surface area is 127 Å². The van der Waals surface area contributed by atoms with Crippen LogP contribution in [0.3, 0.4) is 0 Å². The van der Waals surface area contributed by atoms with Crippen LogP contribution in [0.25, 0.3) is 0 Å². The fourth-order valence-electron chi connectivity index (χ4n) is 1.71. The van der Waals surface area contributed by atoms with Crippen molar-refractivity contribution < 1.29 is 14.3 Å². The molecule has 1 aromatic heterocycles. The third-order valence-electron chi connectivity index (χ3n) is 3.10. The summed E-state index contributed by atoms with van der Waals surface area (Å²) in [5, 5.41) is 0.373. The van der Waals surface area contributed by atoms with Gasteiger partial charge in [0, 0.05) is 19.3 Å². The minimum absolute atomic E-state index is 0.0409. The molecule has 114 valence electrons. The summed E-state index contributed by atoms with van der Waals surface area (Å²) in [6.45, 7) is 1.97. The van der Waals surface area contributed by atoms with Crippen molar-refractivity contribution >= 4 is 29.5 Å². The minimum Gasteiger partial charge on any atom is -0.462 e. The van der Waals surface area contributed by atoms with Crippen LogP contribution in [-0.2, 0) is 9.53 Å². The number of hydrogen-bond acceptors (Lipinski definition) is 7. The molecule has 0 spiro atoms. The van der Waals surface area contributed by atoms with E-state index in [1.807, 2.05) is 0 Å². The normalized spacial score (nSPS) is 13.8. The predicted octanol–water partition coefficient (Wildman–Crippen LogP) is 0.948. The second-order valence-electron chi connectivity index (χ2n) is 4.70. The van der Waals surface area contributed by atoms with Gasteiger partial charge in [-0.25, -0.2) is 14.8 Å². The molecule has 2 N–H and O–H groups in total. The number of nitrogens with zero attached hydrogens (tertiary/aromatic N) is 3. The number of esters is 1. The first-order valence-corrected chi connectivity index (χ1v) is 7.69. The number of ether oxygens (including phenoxy) is 1. The van der Waals surface area contributed by atoms with Gasteiger partial charge in [-0.15, -0.1) is 0 Å². The van der Waals surface area contributed by atoms with Gasteiger partial charge in [-0.1, -0.05) is 11.8 Å². The smallest absolute Gasteiger partial charge is 0.343 e. The Morgan fingerprint density at radius 1 is 1.52 bits per heavy atom. The molecule has 0 aliphatic heterocycles. The predicted molar refractivity (Wildman–Crippen MR) is 78.9 cm³/mol. The zero-order valence-corrected chi connectivity index (χ0v) is 12.9. The molecule has 0 bridgehead atoms. The molecule has 1 saturated carbocycles. The molecular weight excluding hydrogens is 292 g/mol. The Balaban J connectivity index is 1.93. The average molecular weight is 310 g/mol. The number of carbonyl (C=O) groups is 2. The van der Waals surface area contributed by atoms with Gasteiger partial charge in [-0.2, -0.15) is 0 Å². The second kappa shape index (κ2) is 6.75. The van der Waals surface area contributed by atoms with E-state index < -0.39 is 5.97 Å². The summed E-state index contributed by atoms with van der Waals surface area (Å²) in [6, 6.07) is 0.385. The van der Waals surface area contributed by atoms with E-state index >= 15 is 0 Å². The van der Waals surface area contributed by atoms with Crippen LogP contribution in [0.2, 0.25) is 0 Å². The summed E-state index contributed by atoms with van der Waals surface area (Å²) < 4.78 is 4.85. The Hall–Kier alpha value is -1.83. The first-order chi connectivity index (χ1) is 10.0. The molecule has 1 aliphatic rings. The van der Waals surface area contributed by atoms with Crippen molar-refractivity contribution in [3.8, 4) is 0 Å². The summed E-state index contributed by atoms with van der Waals surface area (Å²) in [5.74, 6) is -0.185. The number of nitrogens with two attached hydrogens (primary N) is 1. The highest BCUT2D eigenvalue weighted by Gasteiger charge is 2.29. The Morgan fingerprint density at radius 3 is 2.81 bits per heavy atom. The highest BCUT2D eigenvalue weighted by atomic mass is 32.2. The fraction of sp³-hybridized carbons (Fsp3) is 0.538. The zero-order valence-electron chi connectivity index (χ0n) is 12.0. The molecule has 1 fully saturated rings. The lowest BCUT2D eigenvalue weighted by atomic mass is 10.3. The largest absolute Gasteiger partial charge is 0.462 e. The number of rotatable bonds is 6. The molecule has 0 atom stereocenters. The second-order valence-corrected chi connectivity index (χ2v) is 5.64. The van der Waals surface area contributed by atoms with Gasteiger partial charge in [-0.05, 0) is 19.8 Å². The molecule has 1 aromatic rings. The third kappa shape index (κ3) is 4.07. The maximum absolute atomic E-state index is 11.9. The fourth-order valence-corrected chi connectivity index (χ4v) is 2.45. The number of thioether (sulfide) groups is 1. The molecule has 0 aromatic carbocycles. The highest BCUT2D eigenvalue weighted by molar-refractivity contribution is 7.99. The van der Waals surface area contributed by atoms with E-state index in [4.69, 9.17) is 10.5 Å². The van der Waals surface area contributed by atoms with Crippen molar-refractivity contribution in [3.05, 3.63) is 11.8 Å². The van der Waals surface area contributed by atoms with Crippen LogP contribution in [0.1, 0.15) is 30.1 Å². The molecule has 21 heavy (non-hydrogen) atoms. The van der Waals surface area contributed by atoms with Crippen LogP contribution >= 0.6 is 11.8 Å². The summed E-state index contributed by atoms with van der Waals surface area (Å²) >= 11 is 1.20. The van der Waals surface area contributed by atoms with E-state index in [0.29, 0.717) is 11.2 Å². The van der Waals surface area contributed by atoms with Crippen molar-refractivity contribution in [3.63, 3.8) is 0 Å². The summed E-state index contributed by atoms with van der Waals surface area (Å²) in [6.07, 6.45) is 3.48. The van der Waals surface area contributed by atoms with Crippen molar-refractivity contribution in [2.45, 2.75) is 31.0 Å². The highest BCUT2D eigenvalue weighted by Crippen LogP contribution is 2.26. The molecule has 1 amide bonds. The van der Waals surface area contributed by atoms with E-state index in [9.17, 15) is 9.59 Å². The van der Waals surface area contributed by atoms with Crippen LogP contribution < -0.4 is 5.73 Å². The molecular formula is C13H18N4O3S. The molecule has 1 aliphatic carbocycles. The van der Waals surface area contributed by atoms with Crippen molar-refractivity contribution in [2.75, 3.05) is 25.1 Å². The van der Waals surface area contributed by atoms with Crippen molar-refractivity contribution in [2.24, 2.45) is 0 Å². The van der Waals surface area contributed by atoms with E-state index in [1.54, 1.807) is 18.9 Å². The van der Waals surface area contributed by atoms with Gasteiger partial charge in [0.2, 0.25) is 5.91 Å². The monoisotopic (exact) mass is 310 g/mol. The van der Waals surface area contributed by atoms with Crippen LogP contribution in [0, 0.1) is 0 Å². The third-order valence-corrected chi connectivity index (χ3v) is 3.95. The molecule has 0 unspecified atom stereocenters. The number of nitrogen functional groups attached to an aromatic ring is 1. The number of aromatic nitrogens is 2. The summed E-state index contributed by atoms with van der Waals surface area (Å²) in [5.41, 5.74) is 5.86. The molecule has 7 nitrogen and oxygen atoms in total. The SMILES string of the molecule is CCOC(=O)c1cnc(SCC(=O)N(C)C2CC2)nc1N. The average Bonchev–Trinajstić information content (AvgIpc) is 3.28. The van der Waals surface area contributed by atoms with Crippen LogP contribution in [0.15, 0.2) is 11.4 Å². The van der Waals surface area contributed by atoms with Gasteiger partial charge in [-0.3, -0.25) is 4.79 Å². The van der Waals surface area contributed by atoms with Gasteiger partial charge in [0.05, 0.1) is 12.4 Å². The summed E-state index contributed by atoms with van der Waals surface area (Å²) in [7, 11) is 1.81. The van der Waals surface area contributed by atoms with Crippen LogP contribution in [-0.4, -0.2) is 52.2 Å². The minimum atomic E-state index is -0.545. The Bertz CT molecular complexity index is 548. The van der Waals surface area contributed by atoms with Gasteiger partial charge in [0.1, 0.15) is 11.4 Å². The first kappa shape index (κ1) is 15.6. The lowest BCUT2D eigenvalue weighted by Crippen LogP contribution is -2.30. The van der Waals surface area contributed by atoms with Crippen LogP contribution in [0.4, 0.5) is 5.82 Å². The van der Waals surface area contributed by atoms with E-state index in [2.05, 4.69) is 9.97 Å². The quantitative estimate of drug-likeness (QED) is 0.474. The van der Waals surface area contributed by atoms with Crippen molar-refractivity contribution in [1.82, 2.24) is 14.9 Å². The van der Waals surface area contributed by atoms with Gasteiger partial charge in [0.25, 0.3) is 0 Å². The lowest BCUT2D eigenvalue weighted by Gasteiger charge is -2.15. The molecule has 8 heteroatoms. The van der Waals surface area contributed by atoms with E-state index in [-0.39, 0.29) is 29.6 Å². The molecule has 0 radical (unpaired) electrons.